The summed E-state index contributed by atoms with van der Waals surface area (Å²) in [7, 11) is 0. The molecular weight excluding hydrogens is 180 g/mol. The van der Waals surface area contributed by atoms with Gasteiger partial charge in [0.2, 0.25) is 5.91 Å². The third-order valence-corrected chi connectivity index (χ3v) is 2.66. The molecule has 1 saturated carbocycles. The van der Waals surface area contributed by atoms with Crippen LogP contribution in [-0.4, -0.2) is 45.8 Å². The van der Waals surface area contributed by atoms with Gasteiger partial charge in [-0.25, -0.2) is 5.01 Å². The van der Waals surface area contributed by atoms with E-state index in [0.29, 0.717) is 19.0 Å². The van der Waals surface area contributed by atoms with Crippen LogP contribution in [0.3, 0.4) is 0 Å². The molecule has 1 N–H and O–H groups in total. The molecule has 1 aliphatic heterocycles. The quantitative estimate of drug-likeness (QED) is 0.712. The first-order valence-corrected chi connectivity index (χ1v) is 5.27. The van der Waals surface area contributed by atoms with Crippen LogP contribution in [0, 0.1) is 0 Å². The van der Waals surface area contributed by atoms with Crippen molar-refractivity contribution in [2.45, 2.75) is 44.8 Å². The van der Waals surface area contributed by atoms with Gasteiger partial charge in [-0.2, -0.15) is 0 Å². The van der Waals surface area contributed by atoms with Gasteiger partial charge < -0.3 is 5.11 Å². The summed E-state index contributed by atoms with van der Waals surface area (Å²) in [6, 6.07) is 0.559. The first-order chi connectivity index (χ1) is 6.47. The fourth-order valence-electron chi connectivity index (χ4n) is 1.90. The smallest absolute Gasteiger partial charge is 0.238 e. The zero-order chi connectivity index (χ0) is 10.3. The van der Waals surface area contributed by atoms with Gasteiger partial charge in [0, 0.05) is 19.0 Å². The summed E-state index contributed by atoms with van der Waals surface area (Å²) in [5.41, 5.74) is -0.798. The summed E-state index contributed by atoms with van der Waals surface area (Å²) in [4.78, 5) is 11.6. The normalized spacial score (nSPS) is 24.8. The minimum absolute atomic E-state index is 0.152. The van der Waals surface area contributed by atoms with Crippen LogP contribution >= 0.6 is 0 Å². The summed E-state index contributed by atoms with van der Waals surface area (Å²) in [5.74, 6) is 0.152. The highest BCUT2D eigenvalue weighted by molar-refractivity contribution is 5.77. The summed E-state index contributed by atoms with van der Waals surface area (Å²) in [6.07, 6.45) is 2.98. The molecule has 2 fully saturated rings. The lowest BCUT2D eigenvalue weighted by molar-refractivity contribution is -0.144. The third-order valence-electron chi connectivity index (χ3n) is 2.66. The first kappa shape index (κ1) is 9.93. The highest BCUT2D eigenvalue weighted by Crippen LogP contribution is 2.31. The van der Waals surface area contributed by atoms with Crippen molar-refractivity contribution in [3.63, 3.8) is 0 Å². The van der Waals surface area contributed by atoms with E-state index in [1.165, 1.54) is 12.8 Å². The average Bonchev–Trinajstić information content (AvgIpc) is 2.80. The van der Waals surface area contributed by atoms with Crippen LogP contribution in [0.2, 0.25) is 0 Å². The fraction of sp³-hybridized carbons (Fsp3) is 0.900. The number of carbonyl (C=O) groups is 1. The molecule has 0 radical (unpaired) electrons. The molecule has 0 unspecified atom stereocenters. The molecule has 1 saturated heterocycles. The monoisotopic (exact) mass is 198 g/mol. The highest BCUT2D eigenvalue weighted by Gasteiger charge is 2.40. The van der Waals surface area contributed by atoms with Crippen LogP contribution in [0.15, 0.2) is 0 Å². The number of β-amino-alcohol motifs (C(OH)–C–C–N with tert-alkyl or cyclic N) is 1. The Hall–Kier alpha value is -0.610. The number of nitrogens with zero attached hydrogens (tertiary/aromatic N) is 2. The van der Waals surface area contributed by atoms with Gasteiger partial charge >= 0.3 is 0 Å². The Morgan fingerprint density at radius 3 is 2.64 bits per heavy atom. The Morgan fingerprint density at radius 1 is 1.50 bits per heavy atom. The minimum atomic E-state index is -0.798. The summed E-state index contributed by atoms with van der Waals surface area (Å²) >= 11 is 0. The lowest BCUT2D eigenvalue weighted by Gasteiger charge is -2.32. The second kappa shape index (κ2) is 3.21. The van der Waals surface area contributed by atoms with E-state index >= 15 is 0 Å². The SMILES string of the molecule is CC(C)(O)CN1C(=O)CCN1C1CC1. The maximum absolute atomic E-state index is 11.6. The molecule has 2 rings (SSSR count). The van der Waals surface area contributed by atoms with Gasteiger partial charge in [0.25, 0.3) is 0 Å². The molecule has 2 aliphatic rings. The Morgan fingerprint density at radius 2 is 2.14 bits per heavy atom. The van der Waals surface area contributed by atoms with Crippen molar-refractivity contribution >= 4 is 5.91 Å². The zero-order valence-electron chi connectivity index (χ0n) is 8.86. The Kier molecular flexibility index (Phi) is 2.27. The van der Waals surface area contributed by atoms with Crippen LogP contribution < -0.4 is 0 Å². The van der Waals surface area contributed by atoms with Crippen molar-refractivity contribution < 1.29 is 9.90 Å². The van der Waals surface area contributed by atoms with Crippen molar-refractivity contribution in [1.82, 2.24) is 10.0 Å². The van der Waals surface area contributed by atoms with E-state index in [9.17, 15) is 9.90 Å². The molecule has 0 aromatic rings. The number of carbonyl (C=O) groups excluding carboxylic acids is 1. The Labute approximate surface area is 84.5 Å². The van der Waals surface area contributed by atoms with Gasteiger partial charge in [0.15, 0.2) is 0 Å². The lowest BCUT2D eigenvalue weighted by atomic mass is 10.1. The maximum Gasteiger partial charge on any atom is 0.238 e. The molecular formula is C10H18N2O2. The molecule has 0 atom stereocenters. The van der Waals surface area contributed by atoms with Crippen LogP contribution in [0.4, 0.5) is 0 Å². The molecule has 4 heteroatoms. The van der Waals surface area contributed by atoms with E-state index in [4.69, 9.17) is 0 Å². The van der Waals surface area contributed by atoms with Crippen LogP contribution in [-0.2, 0) is 4.79 Å². The maximum atomic E-state index is 11.6. The average molecular weight is 198 g/mol. The van der Waals surface area contributed by atoms with Crippen LogP contribution in [0.1, 0.15) is 33.1 Å². The van der Waals surface area contributed by atoms with Gasteiger partial charge in [0.1, 0.15) is 0 Å². The van der Waals surface area contributed by atoms with E-state index in [2.05, 4.69) is 5.01 Å². The van der Waals surface area contributed by atoms with Gasteiger partial charge in [-0.3, -0.25) is 9.80 Å². The van der Waals surface area contributed by atoms with Crippen molar-refractivity contribution in [1.29, 1.82) is 0 Å². The number of hydrogen-bond acceptors (Lipinski definition) is 3. The third kappa shape index (κ3) is 2.07. The first-order valence-electron chi connectivity index (χ1n) is 5.27. The Balaban J connectivity index is 2.01. The minimum Gasteiger partial charge on any atom is -0.389 e. The number of hydrazine groups is 1. The second-order valence-corrected chi connectivity index (χ2v) is 4.91. The number of aliphatic hydroxyl groups is 1. The molecule has 1 amide bonds. The number of rotatable bonds is 3. The molecule has 0 spiro atoms. The second-order valence-electron chi connectivity index (χ2n) is 4.91. The topological polar surface area (TPSA) is 43.8 Å². The van der Waals surface area contributed by atoms with Crippen molar-refractivity contribution in [3.05, 3.63) is 0 Å². The zero-order valence-corrected chi connectivity index (χ0v) is 8.86. The molecule has 1 heterocycles. The van der Waals surface area contributed by atoms with Gasteiger partial charge in [-0.1, -0.05) is 0 Å². The van der Waals surface area contributed by atoms with Gasteiger partial charge in [-0.15, -0.1) is 0 Å². The summed E-state index contributed by atoms with van der Waals surface area (Å²) in [6.45, 7) is 4.73. The van der Waals surface area contributed by atoms with Crippen molar-refractivity contribution in [2.24, 2.45) is 0 Å². The molecule has 0 aromatic carbocycles. The molecule has 80 valence electrons. The van der Waals surface area contributed by atoms with Crippen LogP contribution in [0.5, 0.6) is 0 Å². The molecule has 4 nitrogen and oxygen atoms in total. The van der Waals surface area contributed by atoms with Crippen molar-refractivity contribution in [3.8, 4) is 0 Å². The van der Waals surface area contributed by atoms with Gasteiger partial charge in [0.05, 0.1) is 12.1 Å². The molecule has 14 heavy (non-hydrogen) atoms. The number of hydrogen-bond donors (Lipinski definition) is 1. The predicted molar refractivity (Wildman–Crippen MR) is 52.4 cm³/mol. The van der Waals surface area contributed by atoms with Crippen LogP contribution in [0.25, 0.3) is 0 Å². The standard InChI is InChI=1S/C10H18N2O2/c1-10(2,14)7-12-9(13)5-6-11(12)8-3-4-8/h8,14H,3-7H2,1-2H3. The highest BCUT2D eigenvalue weighted by atomic mass is 16.3. The van der Waals surface area contributed by atoms with E-state index in [0.717, 1.165) is 6.54 Å². The predicted octanol–water partition coefficient (Wildman–Crippen LogP) is 0.369. The molecule has 0 aromatic heterocycles. The lowest BCUT2D eigenvalue weighted by Crippen LogP contribution is -2.47. The summed E-state index contributed by atoms with van der Waals surface area (Å²) in [5, 5.41) is 13.6. The Bertz CT molecular complexity index is 243. The summed E-state index contributed by atoms with van der Waals surface area (Å²) < 4.78 is 0. The fourth-order valence-corrected chi connectivity index (χ4v) is 1.90. The number of amides is 1. The van der Waals surface area contributed by atoms with E-state index in [-0.39, 0.29) is 5.91 Å². The molecule has 1 aliphatic carbocycles. The largest absolute Gasteiger partial charge is 0.389 e. The van der Waals surface area contributed by atoms with E-state index in [1.807, 2.05) is 0 Å². The molecule has 0 bridgehead atoms. The van der Waals surface area contributed by atoms with E-state index < -0.39 is 5.60 Å². The van der Waals surface area contributed by atoms with E-state index in [1.54, 1.807) is 18.9 Å². The van der Waals surface area contributed by atoms with Gasteiger partial charge in [-0.05, 0) is 26.7 Å². The van der Waals surface area contributed by atoms with Crippen molar-refractivity contribution in [2.75, 3.05) is 13.1 Å².